The van der Waals surface area contributed by atoms with Crippen molar-refractivity contribution >= 4 is 28.9 Å². The summed E-state index contributed by atoms with van der Waals surface area (Å²) in [5, 5.41) is 14.8. The van der Waals surface area contributed by atoms with E-state index in [1.807, 2.05) is 12.1 Å². The highest BCUT2D eigenvalue weighted by Gasteiger charge is 2.23. The fourth-order valence-corrected chi connectivity index (χ4v) is 1.91. The van der Waals surface area contributed by atoms with Crippen LogP contribution < -0.4 is 10.2 Å². The third-order valence-corrected chi connectivity index (χ3v) is 3.03. The number of anilines is 2. The predicted molar refractivity (Wildman–Crippen MR) is 81.8 cm³/mol. The van der Waals surface area contributed by atoms with Crippen LogP contribution in [0, 0.1) is 10.1 Å². The number of hydrogen-bond acceptors (Lipinski definition) is 6. The van der Waals surface area contributed by atoms with Gasteiger partial charge in [-0.3, -0.25) is 10.1 Å². The summed E-state index contributed by atoms with van der Waals surface area (Å²) in [7, 11) is 3.39. The molecule has 0 radical (unpaired) electrons. The van der Waals surface area contributed by atoms with E-state index < -0.39 is 4.92 Å². The van der Waals surface area contributed by atoms with Crippen LogP contribution >= 0.6 is 11.6 Å². The molecule has 0 saturated heterocycles. The third kappa shape index (κ3) is 3.57. The SMILES string of the molecule is CN(C)c1ncnc(NCc2ccc(Cl)cc2)c1[N+](=O)[O-]. The molecule has 0 bridgehead atoms. The molecule has 0 aliphatic heterocycles. The molecule has 0 atom stereocenters. The number of benzene rings is 1. The monoisotopic (exact) mass is 307 g/mol. The third-order valence-electron chi connectivity index (χ3n) is 2.78. The van der Waals surface area contributed by atoms with Crippen molar-refractivity contribution in [2.24, 2.45) is 0 Å². The minimum Gasteiger partial charge on any atom is -0.360 e. The van der Waals surface area contributed by atoms with Crippen molar-refractivity contribution in [2.75, 3.05) is 24.3 Å². The Kier molecular flexibility index (Phi) is 4.54. The molecule has 0 aliphatic rings. The van der Waals surface area contributed by atoms with E-state index in [0.717, 1.165) is 5.56 Å². The van der Waals surface area contributed by atoms with Crippen molar-refractivity contribution < 1.29 is 4.92 Å². The quantitative estimate of drug-likeness (QED) is 0.675. The average Bonchev–Trinajstić information content (AvgIpc) is 2.46. The summed E-state index contributed by atoms with van der Waals surface area (Å²) in [5.74, 6) is 0.447. The van der Waals surface area contributed by atoms with Crippen LogP contribution in [0.3, 0.4) is 0 Å². The highest BCUT2D eigenvalue weighted by molar-refractivity contribution is 6.30. The Hall–Kier alpha value is -2.41. The molecule has 8 heteroatoms. The molecule has 0 aliphatic carbocycles. The van der Waals surface area contributed by atoms with E-state index in [1.54, 1.807) is 31.1 Å². The topological polar surface area (TPSA) is 84.2 Å². The van der Waals surface area contributed by atoms with Crippen LogP contribution in [-0.2, 0) is 6.54 Å². The van der Waals surface area contributed by atoms with Crippen molar-refractivity contribution in [2.45, 2.75) is 6.54 Å². The van der Waals surface area contributed by atoms with E-state index in [2.05, 4.69) is 15.3 Å². The first-order valence-electron chi connectivity index (χ1n) is 6.14. The van der Waals surface area contributed by atoms with Crippen LogP contribution in [-0.4, -0.2) is 29.0 Å². The van der Waals surface area contributed by atoms with E-state index >= 15 is 0 Å². The Morgan fingerprint density at radius 1 is 1.29 bits per heavy atom. The first-order chi connectivity index (χ1) is 9.99. The maximum atomic E-state index is 11.2. The number of halogens is 1. The van der Waals surface area contributed by atoms with E-state index in [0.29, 0.717) is 11.6 Å². The molecule has 1 aromatic heterocycles. The first-order valence-corrected chi connectivity index (χ1v) is 6.52. The molecular weight excluding hydrogens is 294 g/mol. The van der Waals surface area contributed by atoms with Gasteiger partial charge in [-0.25, -0.2) is 9.97 Å². The normalized spacial score (nSPS) is 10.2. The Bertz CT molecular complexity index is 646. The number of nitrogens with one attached hydrogen (secondary N) is 1. The second kappa shape index (κ2) is 6.36. The highest BCUT2D eigenvalue weighted by atomic mass is 35.5. The fourth-order valence-electron chi connectivity index (χ4n) is 1.78. The van der Waals surface area contributed by atoms with Crippen molar-refractivity contribution in [3.8, 4) is 0 Å². The van der Waals surface area contributed by atoms with Gasteiger partial charge in [0.2, 0.25) is 11.6 Å². The molecule has 0 amide bonds. The standard InChI is InChI=1S/C13H14ClN5O2/c1-18(2)13-11(19(20)21)12(16-8-17-13)15-7-9-3-5-10(14)6-4-9/h3-6,8H,7H2,1-2H3,(H,15,16,17). The lowest BCUT2D eigenvalue weighted by Crippen LogP contribution is -2.15. The fraction of sp³-hybridized carbons (Fsp3) is 0.231. The van der Waals surface area contributed by atoms with Gasteiger partial charge in [0.05, 0.1) is 4.92 Å². The summed E-state index contributed by atoms with van der Waals surface area (Å²) in [6.07, 6.45) is 1.30. The number of nitro groups is 1. The van der Waals surface area contributed by atoms with Crippen molar-refractivity contribution in [3.63, 3.8) is 0 Å². The van der Waals surface area contributed by atoms with Crippen molar-refractivity contribution in [3.05, 3.63) is 51.3 Å². The largest absolute Gasteiger partial charge is 0.360 e. The molecule has 0 fully saturated rings. The Morgan fingerprint density at radius 2 is 1.95 bits per heavy atom. The number of hydrogen-bond donors (Lipinski definition) is 1. The summed E-state index contributed by atoms with van der Waals surface area (Å²) < 4.78 is 0. The van der Waals surface area contributed by atoms with Crippen LogP contribution in [0.1, 0.15) is 5.56 Å². The number of nitrogens with zero attached hydrogens (tertiary/aromatic N) is 4. The molecule has 1 N–H and O–H groups in total. The highest BCUT2D eigenvalue weighted by Crippen LogP contribution is 2.30. The Morgan fingerprint density at radius 3 is 2.52 bits per heavy atom. The number of aromatic nitrogens is 2. The summed E-state index contributed by atoms with van der Waals surface area (Å²) in [4.78, 5) is 20.2. The van der Waals surface area contributed by atoms with Crippen LogP contribution in [0.25, 0.3) is 0 Å². The second-order valence-corrected chi connectivity index (χ2v) is 4.96. The second-order valence-electron chi connectivity index (χ2n) is 4.53. The molecular formula is C13H14ClN5O2. The van der Waals surface area contributed by atoms with E-state index in [-0.39, 0.29) is 17.3 Å². The van der Waals surface area contributed by atoms with Gasteiger partial charge >= 0.3 is 5.69 Å². The number of rotatable bonds is 5. The van der Waals surface area contributed by atoms with E-state index in [9.17, 15) is 10.1 Å². The van der Waals surface area contributed by atoms with Gasteiger partial charge in [0.15, 0.2) is 0 Å². The van der Waals surface area contributed by atoms with Gasteiger partial charge in [-0.05, 0) is 17.7 Å². The average molecular weight is 308 g/mol. The smallest absolute Gasteiger partial charge is 0.353 e. The van der Waals surface area contributed by atoms with E-state index in [1.165, 1.54) is 6.33 Å². The molecule has 110 valence electrons. The summed E-state index contributed by atoms with van der Waals surface area (Å²) in [6.45, 7) is 0.405. The van der Waals surface area contributed by atoms with Crippen LogP contribution in [0.5, 0.6) is 0 Å². The molecule has 1 aromatic carbocycles. The van der Waals surface area contributed by atoms with Gasteiger partial charge in [-0.2, -0.15) is 0 Å². The van der Waals surface area contributed by atoms with Crippen LogP contribution in [0.15, 0.2) is 30.6 Å². The molecule has 0 unspecified atom stereocenters. The molecule has 0 spiro atoms. The zero-order valence-electron chi connectivity index (χ0n) is 11.6. The van der Waals surface area contributed by atoms with Gasteiger partial charge in [0.25, 0.3) is 0 Å². The van der Waals surface area contributed by atoms with Crippen molar-refractivity contribution in [1.29, 1.82) is 0 Å². The van der Waals surface area contributed by atoms with Gasteiger partial charge in [-0.15, -0.1) is 0 Å². The van der Waals surface area contributed by atoms with Crippen LogP contribution in [0.4, 0.5) is 17.3 Å². The predicted octanol–water partition coefficient (Wildman–Crippen LogP) is 2.72. The molecule has 21 heavy (non-hydrogen) atoms. The summed E-state index contributed by atoms with van der Waals surface area (Å²) in [5.41, 5.74) is 0.801. The van der Waals surface area contributed by atoms with Gasteiger partial charge < -0.3 is 10.2 Å². The van der Waals surface area contributed by atoms with Crippen molar-refractivity contribution in [1.82, 2.24) is 9.97 Å². The zero-order valence-corrected chi connectivity index (χ0v) is 12.3. The molecule has 1 heterocycles. The molecule has 0 saturated carbocycles. The lowest BCUT2D eigenvalue weighted by atomic mass is 10.2. The zero-order chi connectivity index (χ0) is 15.4. The maximum absolute atomic E-state index is 11.2. The molecule has 2 aromatic rings. The maximum Gasteiger partial charge on any atom is 0.353 e. The Labute approximate surface area is 126 Å². The molecule has 7 nitrogen and oxygen atoms in total. The minimum absolute atomic E-state index is 0.142. The van der Waals surface area contributed by atoms with E-state index in [4.69, 9.17) is 11.6 Å². The lowest BCUT2D eigenvalue weighted by molar-refractivity contribution is -0.383. The lowest BCUT2D eigenvalue weighted by Gasteiger charge is -2.13. The summed E-state index contributed by atoms with van der Waals surface area (Å²) in [6, 6.07) is 7.21. The first kappa shape index (κ1) is 15.0. The minimum atomic E-state index is -0.487. The van der Waals surface area contributed by atoms with Gasteiger partial charge in [-0.1, -0.05) is 23.7 Å². The Balaban J connectivity index is 2.25. The summed E-state index contributed by atoms with van der Waals surface area (Å²) >= 11 is 5.82. The van der Waals surface area contributed by atoms with Gasteiger partial charge in [0, 0.05) is 25.7 Å². The van der Waals surface area contributed by atoms with Crippen LogP contribution in [0.2, 0.25) is 5.02 Å². The molecule has 2 rings (SSSR count). The van der Waals surface area contributed by atoms with Gasteiger partial charge in [0.1, 0.15) is 6.33 Å².